The number of hydrogen-bond acceptors (Lipinski definition) is 3. The van der Waals surface area contributed by atoms with E-state index in [9.17, 15) is 13.2 Å². The number of aromatic nitrogens is 2. The number of rotatable bonds is 4. The fourth-order valence-corrected chi connectivity index (χ4v) is 3.09. The lowest BCUT2D eigenvalue weighted by Gasteiger charge is -2.16. The van der Waals surface area contributed by atoms with Crippen molar-refractivity contribution in [2.75, 3.05) is 7.05 Å². The molecule has 1 atom stereocenters. The molecule has 2 aromatic heterocycles. The average Bonchev–Trinajstić information content (AvgIpc) is 2.70. The van der Waals surface area contributed by atoms with Crippen molar-refractivity contribution in [3.05, 3.63) is 82.8 Å². The Labute approximate surface area is 167 Å². The molecule has 0 aliphatic rings. The minimum absolute atomic E-state index is 0.154. The summed E-state index contributed by atoms with van der Waals surface area (Å²) in [6, 6.07) is 11.4. The quantitative estimate of drug-likeness (QED) is 0.600. The molecule has 148 valence electrons. The minimum Gasteiger partial charge on any atom is -0.333 e. The van der Waals surface area contributed by atoms with Crippen LogP contribution in [-0.2, 0) is 12.6 Å². The van der Waals surface area contributed by atoms with Crippen molar-refractivity contribution >= 4 is 11.6 Å². The molecular weight excluding hydrogens is 387 g/mol. The number of pyridine rings is 2. The van der Waals surface area contributed by atoms with Crippen LogP contribution in [0.4, 0.5) is 13.2 Å². The van der Waals surface area contributed by atoms with Crippen molar-refractivity contribution < 1.29 is 13.2 Å². The zero-order valence-corrected chi connectivity index (χ0v) is 16.3. The zero-order valence-electron chi connectivity index (χ0n) is 15.5. The predicted octanol–water partition coefficient (Wildman–Crippen LogP) is 5.74. The highest BCUT2D eigenvalue weighted by molar-refractivity contribution is 6.31. The second-order valence-electron chi connectivity index (χ2n) is 6.10. The van der Waals surface area contributed by atoms with Crippen molar-refractivity contribution in [3.8, 4) is 11.3 Å². The lowest BCUT2D eigenvalue weighted by molar-refractivity contribution is -0.137. The molecule has 0 amide bonds. The van der Waals surface area contributed by atoms with E-state index in [0.29, 0.717) is 17.7 Å². The van der Waals surface area contributed by atoms with Gasteiger partial charge in [0.1, 0.15) is 0 Å². The Balaban J connectivity index is 0.00000136. The molecule has 0 saturated heterocycles. The van der Waals surface area contributed by atoms with Gasteiger partial charge in [0.2, 0.25) is 0 Å². The van der Waals surface area contributed by atoms with E-state index in [1.165, 1.54) is 13.1 Å². The van der Waals surface area contributed by atoms with Crippen molar-refractivity contribution in [1.29, 1.82) is 0 Å². The fourth-order valence-electron chi connectivity index (χ4n) is 2.87. The highest BCUT2D eigenvalue weighted by Gasteiger charge is 2.33. The van der Waals surface area contributed by atoms with E-state index in [1.54, 1.807) is 30.7 Å². The van der Waals surface area contributed by atoms with Gasteiger partial charge >= 0.3 is 6.18 Å². The van der Waals surface area contributed by atoms with Gasteiger partial charge in [0.05, 0.1) is 16.3 Å². The summed E-state index contributed by atoms with van der Waals surface area (Å²) in [5.41, 5.74) is 6.52. The third-order valence-electron chi connectivity index (χ3n) is 4.22. The summed E-state index contributed by atoms with van der Waals surface area (Å²) >= 11 is 5.73. The van der Waals surface area contributed by atoms with E-state index in [-0.39, 0.29) is 10.9 Å². The number of halogens is 4. The standard InChI is InChI=1S/C20H16ClF3N2.CH5N/c1-13(16-5-2-8-25-12-16)10-14-4-3-9-26-19(14)15-6-7-18(21)17(11-15)20(22,23)24;1-2/h2-9,11-13H,10H2,1H3;2H2,1H3. The molecule has 0 aliphatic heterocycles. The Morgan fingerprint density at radius 1 is 1.07 bits per heavy atom. The topological polar surface area (TPSA) is 51.8 Å². The monoisotopic (exact) mass is 407 g/mol. The van der Waals surface area contributed by atoms with E-state index < -0.39 is 11.7 Å². The van der Waals surface area contributed by atoms with Gasteiger partial charge in [-0.2, -0.15) is 13.2 Å². The first-order valence-electron chi connectivity index (χ1n) is 8.65. The molecule has 3 nitrogen and oxygen atoms in total. The molecule has 1 unspecified atom stereocenters. The molecule has 2 N–H and O–H groups in total. The van der Waals surface area contributed by atoms with Gasteiger partial charge in [0, 0.05) is 24.2 Å². The van der Waals surface area contributed by atoms with Crippen molar-refractivity contribution in [2.45, 2.75) is 25.4 Å². The fraction of sp³-hybridized carbons (Fsp3) is 0.238. The molecule has 2 heterocycles. The summed E-state index contributed by atoms with van der Waals surface area (Å²) in [6.07, 6.45) is 1.21. The summed E-state index contributed by atoms with van der Waals surface area (Å²) in [5.74, 6) is 0.154. The third kappa shape index (κ3) is 5.30. The number of hydrogen-bond donors (Lipinski definition) is 1. The second kappa shape index (κ2) is 9.66. The maximum Gasteiger partial charge on any atom is 0.417 e. The van der Waals surface area contributed by atoms with Gasteiger partial charge in [-0.25, -0.2) is 0 Å². The maximum atomic E-state index is 13.2. The van der Waals surface area contributed by atoms with Crippen LogP contribution in [0.2, 0.25) is 5.02 Å². The molecule has 0 spiro atoms. The summed E-state index contributed by atoms with van der Waals surface area (Å²) in [7, 11) is 1.50. The van der Waals surface area contributed by atoms with Crippen LogP contribution >= 0.6 is 11.6 Å². The molecule has 0 aliphatic carbocycles. The first kappa shape index (κ1) is 21.9. The lowest BCUT2D eigenvalue weighted by atomic mass is 9.92. The van der Waals surface area contributed by atoms with Crippen LogP contribution < -0.4 is 5.73 Å². The second-order valence-corrected chi connectivity index (χ2v) is 6.50. The van der Waals surface area contributed by atoms with Crippen molar-refractivity contribution in [1.82, 2.24) is 9.97 Å². The van der Waals surface area contributed by atoms with Crippen LogP contribution in [0.15, 0.2) is 61.1 Å². The molecule has 0 fully saturated rings. The van der Waals surface area contributed by atoms with Crippen LogP contribution in [-0.4, -0.2) is 17.0 Å². The van der Waals surface area contributed by atoms with Crippen LogP contribution in [0.25, 0.3) is 11.3 Å². The minimum atomic E-state index is -4.51. The van der Waals surface area contributed by atoms with Crippen molar-refractivity contribution in [3.63, 3.8) is 0 Å². The van der Waals surface area contributed by atoms with Crippen molar-refractivity contribution in [2.24, 2.45) is 5.73 Å². The predicted molar refractivity (Wildman–Crippen MR) is 106 cm³/mol. The van der Waals surface area contributed by atoms with E-state index in [0.717, 1.165) is 17.2 Å². The summed E-state index contributed by atoms with van der Waals surface area (Å²) in [6.45, 7) is 2.05. The van der Waals surface area contributed by atoms with E-state index in [4.69, 9.17) is 11.6 Å². The van der Waals surface area contributed by atoms with Crippen LogP contribution in [0.3, 0.4) is 0 Å². The van der Waals surface area contributed by atoms with Gasteiger partial charge in [-0.15, -0.1) is 0 Å². The van der Waals surface area contributed by atoms with Crippen LogP contribution in [0.5, 0.6) is 0 Å². The van der Waals surface area contributed by atoms with Crippen LogP contribution in [0, 0.1) is 0 Å². The average molecular weight is 408 g/mol. The van der Waals surface area contributed by atoms with E-state index >= 15 is 0 Å². The molecule has 0 saturated carbocycles. The highest BCUT2D eigenvalue weighted by atomic mass is 35.5. The van der Waals surface area contributed by atoms with Gasteiger partial charge in [0.15, 0.2) is 0 Å². The SMILES string of the molecule is CC(Cc1cccnc1-c1ccc(Cl)c(C(F)(F)F)c1)c1cccnc1.CN. The first-order chi connectivity index (χ1) is 13.4. The Morgan fingerprint density at radius 3 is 2.43 bits per heavy atom. The molecule has 3 rings (SSSR count). The molecule has 28 heavy (non-hydrogen) atoms. The Hall–Kier alpha value is -2.44. The normalized spacial score (nSPS) is 12.1. The maximum absolute atomic E-state index is 13.2. The number of benzene rings is 1. The Morgan fingerprint density at radius 2 is 1.79 bits per heavy atom. The molecule has 1 aromatic carbocycles. The lowest BCUT2D eigenvalue weighted by Crippen LogP contribution is -2.07. The number of nitrogens with two attached hydrogens (primary N) is 1. The van der Waals surface area contributed by atoms with Gasteiger partial charge in [-0.05, 0) is 54.8 Å². The van der Waals surface area contributed by atoms with Gasteiger partial charge in [0.25, 0.3) is 0 Å². The summed E-state index contributed by atoms with van der Waals surface area (Å²) < 4.78 is 39.5. The molecular formula is C21H21ClF3N3. The molecule has 7 heteroatoms. The first-order valence-corrected chi connectivity index (χ1v) is 9.02. The van der Waals surface area contributed by atoms with Gasteiger partial charge in [-0.3, -0.25) is 9.97 Å². The van der Waals surface area contributed by atoms with E-state index in [2.05, 4.69) is 22.6 Å². The molecule has 0 bridgehead atoms. The Kier molecular flexibility index (Phi) is 7.54. The number of nitrogens with zero attached hydrogens (tertiary/aromatic N) is 2. The van der Waals surface area contributed by atoms with Gasteiger partial charge in [-0.1, -0.05) is 36.7 Å². The molecule has 0 radical (unpaired) electrons. The molecule has 3 aromatic rings. The largest absolute Gasteiger partial charge is 0.417 e. The zero-order chi connectivity index (χ0) is 20.7. The summed E-state index contributed by atoms with van der Waals surface area (Å²) in [4.78, 5) is 8.44. The summed E-state index contributed by atoms with van der Waals surface area (Å²) in [5, 5.41) is -0.317. The van der Waals surface area contributed by atoms with Gasteiger partial charge < -0.3 is 5.73 Å². The van der Waals surface area contributed by atoms with E-state index in [1.807, 2.05) is 18.2 Å². The smallest absolute Gasteiger partial charge is 0.333 e. The third-order valence-corrected chi connectivity index (χ3v) is 4.55. The highest BCUT2D eigenvalue weighted by Crippen LogP contribution is 2.37. The van der Waals surface area contributed by atoms with Crippen LogP contribution in [0.1, 0.15) is 29.5 Å². The Bertz CT molecular complexity index is 899. The number of alkyl halides is 3.